The number of hydrogen-bond acceptors (Lipinski definition) is 3. The molecule has 1 aromatic carbocycles. The van der Waals surface area contributed by atoms with Crippen LogP contribution >= 0.6 is 0 Å². The van der Waals surface area contributed by atoms with E-state index < -0.39 is 0 Å². The Labute approximate surface area is 149 Å². The third-order valence-electron chi connectivity index (χ3n) is 4.48. The SMILES string of the molecule is CCCN(C(=O)CNC(=O)CNC(C)=O)C1CCc2ccccc2C1. The van der Waals surface area contributed by atoms with E-state index in [1.807, 2.05) is 17.9 Å². The van der Waals surface area contributed by atoms with Gasteiger partial charge in [0.1, 0.15) is 0 Å². The molecule has 2 N–H and O–H groups in total. The first-order valence-corrected chi connectivity index (χ1v) is 8.88. The van der Waals surface area contributed by atoms with Crippen LogP contribution in [0.2, 0.25) is 0 Å². The fourth-order valence-corrected chi connectivity index (χ4v) is 3.24. The Morgan fingerprint density at radius 2 is 1.84 bits per heavy atom. The monoisotopic (exact) mass is 345 g/mol. The van der Waals surface area contributed by atoms with Crippen molar-refractivity contribution < 1.29 is 14.4 Å². The molecule has 0 saturated carbocycles. The molecular formula is C19H27N3O3. The lowest BCUT2D eigenvalue weighted by atomic mass is 9.87. The van der Waals surface area contributed by atoms with Crippen LogP contribution in [0.4, 0.5) is 0 Å². The second-order valence-electron chi connectivity index (χ2n) is 6.44. The molecular weight excluding hydrogens is 318 g/mol. The highest BCUT2D eigenvalue weighted by Crippen LogP contribution is 2.24. The smallest absolute Gasteiger partial charge is 0.242 e. The molecule has 136 valence electrons. The van der Waals surface area contributed by atoms with Crippen molar-refractivity contribution in [1.82, 2.24) is 15.5 Å². The third kappa shape index (κ3) is 5.59. The first-order valence-electron chi connectivity index (χ1n) is 8.88. The molecule has 0 fully saturated rings. The first-order chi connectivity index (χ1) is 12.0. The molecule has 1 aliphatic carbocycles. The summed E-state index contributed by atoms with van der Waals surface area (Å²) in [6, 6.07) is 8.55. The van der Waals surface area contributed by atoms with E-state index in [0.29, 0.717) is 6.54 Å². The molecule has 0 radical (unpaired) electrons. The van der Waals surface area contributed by atoms with Crippen LogP contribution < -0.4 is 10.6 Å². The van der Waals surface area contributed by atoms with Gasteiger partial charge in [-0.25, -0.2) is 0 Å². The van der Waals surface area contributed by atoms with E-state index in [0.717, 1.165) is 25.7 Å². The number of fused-ring (bicyclic) bond motifs is 1. The second kappa shape index (κ2) is 9.20. The van der Waals surface area contributed by atoms with Crippen LogP contribution in [0.15, 0.2) is 24.3 Å². The number of hydrogen-bond donors (Lipinski definition) is 2. The van der Waals surface area contributed by atoms with Crippen molar-refractivity contribution in [2.45, 2.75) is 45.6 Å². The molecule has 6 heteroatoms. The maximum atomic E-state index is 12.6. The van der Waals surface area contributed by atoms with Crippen LogP contribution in [0.25, 0.3) is 0 Å². The highest BCUT2D eigenvalue weighted by molar-refractivity contribution is 5.87. The fourth-order valence-electron chi connectivity index (χ4n) is 3.24. The van der Waals surface area contributed by atoms with Crippen molar-refractivity contribution in [3.8, 4) is 0 Å². The minimum Gasteiger partial charge on any atom is -0.347 e. The first kappa shape index (κ1) is 19.0. The van der Waals surface area contributed by atoms with Crippen LogP contribution in [0, 0.1) is 0 Å². The van der Waals surface area contributed by atoms with Crippen LogP contribution in [0.3, 0.4) is 0 Å². The number of rotatable bonds is 7. The number of benzene rings is 1. The van der Waals surface area contributed by atoms with E-state index in [-0.39, 0.29) is 36.9 Å². The molecule has 0 aliphatic heterocycles. The summed E-state index contributed by atoms with van der Waals surface area (Å²) in [6.45, 7) is 3.95. The van der Waals surface area contributed by atoms with Gasteiger partial charge in [0.25, 0.3) is 0 Å². The van der Waals surface area contributed by atoms with Gasteiger partial charge in [0.2, 0.25) is 17.7 Å². The predicted octanol–water partition coefficient (Wildman–Crippen LogP) is 1.03. The molecule has 1 atom stereocenters. The van der Waals surface area contributed by atoms with Gasteiger partial charge in [0, 0.05) is 19.5 Å². The quantitative estimate of drug-likeness (QED) is 0.775. The largest absolute Gasteiger partial charge is 0.347 e. The molecule has 0 heterocycles. The molecule has 0 saturated heterocycles. The highest BCUT2D eigenvalue weighted by atomic mass is 16.2. The Morgan fingerprint density at radius 1 is 1.12 bits per heavy atom. The van der Waals surface area contributed by atoms with E-state index in [1.54, 1.807) is 0 Å². The standard InChI is InChI=1S/C19H27N3O3/c1-3-10-22(19(25)13-21-18(24)12-20-14(2)23)17-9-8-15-6-4-5-7-16(15)11-17/h4-7,17H,3,8-13H2,1-2H3,(H,20,23)(H,21,24). The Balaban J connectivity index is 1.92. The van der Waals surface area contributed by atoms with Gasteiger partial charge in [-0.2, -0.15) is 0 Å². The van der Waals surface area contributed by atoms with Gasteiger partial charge < -0.3 is 15.5 Å². The van der Waals surface area contributed by atoms with E-state index >= 15 is 0 Å². The molecule has 1 aromatic rings. The van der Waals surface area contributed by atoms with E-state index in [1.165, 1.54) is 18.1 Å². The fraction of sp³-hybridized carbons (Fsp3) is 0.526. The maximum Gasteiger partial charge on any atom is 0.242 e. The molecule has 1 unspecified atom stereocenters. The van der Waals surface area contributed by atoms with E-state index in [9.17, 15) is 14.4 Å². The molecule has 25 heavy (non-hydrogen) atoms. The number of amides is 3. The van der Waals surface area contributed by atoms with Crippen molar-refractivity contribution in [3.63, 3.8) is 0 Å². The topological polar surface area (TPSA) is 78.5 Å². The highest BCUT2D eigenvalue weighted by Gasteiger charge is 2.27. The summed E-state index contributed by atoms with van der Waals surface area (Å²) in [6.07, 6.45) is 3.66. The third-order valence-corrected chi connectivity index (χ3v) is 4.48. The van der Waals surface area contributed by atoms with Crippen molar-refractivity contribution in [2.75, 3.05) is 19.6 Å². The molecule has 6 nitrogen and oxygen atoms in total. The Kier molecular flexibility index (Phi) is 6.98. The van der Waals surface area contributed by atoms with Crippen molar-refractivity contribution >= 4 is 17.7 Å². The van der Waals surface area contributed by atoms with Crippen LogP contribution in [-0.2, 0) is 27.2 Å². The Bertz CT molecular complexity index is 630. The molecule has 3 amide bonds. The van der Waals surface area contributed by atoms with Gasteiger partial charge >= 0.3 is 0 Å². The zero-order chi connectivity index (χ0) is 18.2. The molecule has 0 aromatic heterocycles. The van der Waals surface area contributed by atoms with Gasteiger partial charge in [0.15, 0.2) is 0 Å². The summed E-state index contributed by atoms with van der Waals surface area (Å²) in [4.78, 5) is 37.0. The number of nitrogens with zero attached hydrogens (tertiary/aromatic N) is 1. The summed E-state index contributed by atoms with van der Waals surface area (Å²) in [5.74, 6) is -0.689. The lowest BCUT2D eigenvalue weighted by Gasteiger charge is -2.35. The van der Waals surface area contributed by atoms with Crippen molar-refractivity contribution in [1.29, 1.82) is 0 Å². The van der Waals surface area contributed by atoms with Crippen LogP contribution in [-0.4, -0.2) is 48.3 Å². The number of carbonyl (C=O) groups excluding carboxylic acids is 3. The maximum absolute atomic E-state index is 12.6. The van der Waals surface area contributed by atoms with Gasteiger partial charge in [0.05, 0.1) is 13.1 Å². The van der Waals surface area contributed by atoms with Gasteiger partial charge in [-0.15, -0.1) is 0 Å². The predicted molar refractivity (Wildman–Crippen MR) is 96.0 cm³/mol. The summed E-state index contributed by atoms with van der Waals surface area (Å²) in [7, 11) is 0. The van der Waals surface area contributed by atoms with Crippen LogP contribution in [0.1, 0.15) is 37.8 Å². The number of carbonyl (C=O) groups is 3. The zero-order valence-corrected chi connectivity index (χ0v) is 15.0. The van der Waals surface area contributed by atoms with E-state index in [2.05, 4.69) is 28.8 Å². The lowest BCUT2D eigenvalue weighted by Crippen LogP contribution is -2.49. The Hall–Kier alpha value is -2.37. The van der Waals surface area contributed by atoms with Gasteiger partial charge in [-0.1, -0.05) is 31.2 Å². The Morgan fingerprint density at radius 3 is 2.52 bits per heavy atom. The van der Waals surface area contributed by atoms with Crippen molar-refractivity contribution in [2.24, 2.45) is 0 Å². The summed E-state index contributed by atoms with van der Waals surface area (Å²) in [5.41, 5.74) is 2.67. The molecule has 0 spiro atoms. The molecule has 2 rings (SSSR count). The van der Waals surface area contributed by atoms with E-state index in [4.69, 9.17) is 0 Å². The molecule has 0 bridgehead atoms. The lowest BCUT2D eigenvalue weighted by molar-refractivity contribution is -0.135. The van der Waals surface area contributed by atoms with Crippen molar-refractivity contribution in [3.05, 3.63) is 35.4 Å². The average Bonchev–Trinajstić information content (AvgIpc) is 2.62. The molecule has 1 aliphatic rings. The summed E-state index contributed by atoms with van der Waals surface area (Å²) < 4.78 is 0. The second-order valence-corrected chi connectivity index (χ2v) is 6.44. The normalized spacial score (nSPS) is 15.8. The van der Waals surface area contributed by atoms with Crippen LogP contribution in [0.5, 0.6) is 0 Å². The summed E-state index contributed by atoms with van der Waals surface area (Å²) >= 11 is 0. The number of nitrogens with one attached hydrogen (secondary N) is 2. The number of aryl methyl sites for hydroxylation is 1. The zero-order valence-electron chi connectivity index (χ0n) is 15.0. The minimum absolute atomic E-state index is 0.0312. The average molecular weight is 345 g/mol. The minimum atomic E-state index is -0.353. The summed E-state index contributed by atoms with van der Waals surface area (Å²) in [5, 5.41) is 5.01. The van der Waals surface area contributed by atoms with Gasteiger partial charge in [-0.3, -0.25) is 14.4 Å². The van der Waals surface area contributed by atoms with Gasteiger partial charge in [-0.05, 0) is 36.8 Å².